The van der Waals surface area contributed by atoms with Crippen molar-refractivity contribution in [1.82, 2.24) is 15.5 Å². The highest BCUT2D eigenvalue weighted by Crippen LogP contribution is 2.27. The van der Waals surface area contributed by atoms with Gasteiger partial charge in [0.25, 0.3) is 0 Å². The van der Waals surface area contributed by atoms with Crippen molar-refractivity contribution in [3.63, 3.8) is 0 Å². The van der Waals surface area contributed by atoms with Gasteiger partial charge in [0.05, 0.1) is 0 Å². The van der Waals surface area contributed by atoms with Gasteiger partial charge in [-0.3, -0.25) is 4.79 Å². The Morgan fingerprint density at radius 2 is 1.90 bits per heavy atom. The first-order chi connectivity index (χ1) is 13.7. The maximum absolute atomic E-state index is 12.2. The van der Waals surface area contributed by atoms with Crippen LogP contribution in [0, 0.1) is 13.8 Å². The minimum atomic E-state index is 0.00176. The SMILES string of the molecule is Cc1cc(C(C)(C)C)cc(C)c1CCNC(=O)CCc1nc(-c2ccsc2)no1. The highest BCUT2D eigenvalue weighted by atomic mass is 32.1. The first-order valence-corrected chi connectivity index (χ1v) is 10.9. The van der Waals surface area contributed by atoms with Crippen molar-refractivity contribution in [1.29, 1.82) is 0 Å². The van der Waals surface area contributed by atoms with Crippen LogP contribution in [0.25, 0.3) is 11.4 Å². The summed E-state index contributed by atoms with van der Waals surface area (Å²) in [7, 11) is 0. The number of hydrogen-bond donors (Lipinski definition) is 1. The first kappa shape index (κ1) is 21.2. The predicted molar refractivity (Wildman–Crippen MR) is 117 cm³/mol. The summed E-state index contributed by atoms with van der Waals surface area (Å²) >= 11 is 1.59. The summed E-state index contributed by atoms with van der Waals surface area (Å²) in [4.78, 5) is 16.6. The second-order valence-corrected chi connectivity index (χ2v) is 9.24. The number of amides is 1. The van der Waals surface area contributed by atoms with Crippen LogP contribution in [0.3, 0.4) is 0 Å². The molecule has 0 saturated heterocycles. The summed E-state index contributed by atoms with van der Waals surface area (Å²) in [6.07, 6.45) is 1.62. The molecule has 0 aliphatic rings. The van der Waals surface area contributed by atoms with Crippen molar-refractivity contribution in [2.45, 2.75) is 59.3 Å². The van der Waals surface area contributed by atoms with Gasteiger partial charge in [0.2, 0.25) is 17.6 Å². The van der Waals surface area contributed by atoms with Crippen molar-refractivity contribution in [3.8, 4) is 11.4 Å². The fourth-order valence-electron chi connectivity index (χ4n) is 3.32. The fraction of sp³-hybridized carbons (Fsp3) is 0.435. The van der Waals surface area contributed by atoms with Gasteiger partial charge in [-0.25, -0.2) is 0 Å². The summed E-state index contributed by atoms with van der Waals surface area (Å²) in [5, 5.41) is 10.9. The molecule has 0 aliphatic heterocycles. The van der Waals surface area contributed by atoms with E-state index >= 15 is 0 Å². The number of carbonyl (C=O) groups excluding carboxylic acids is 1. The van der Waals surface area contributed by atoms with Crippen LogP contribution in [-0.2, 0) is 23.1 Å². The van der Waals surface area contributed by atoms with Crippen LogP contribution in [0.5, 0.6) is 0 Å². The molecule has 0 aliphatic carbocycles. The number of hydrogen-bond acceptors (Lipinski definition) is 5. The maximum atomic E-state index is 12.2. The van der Waals surface area contributed by atoms with Crippen LogP contribution in [0.4, 0.5) is 0 Å². The van der Waals surface area contributed by atoms with E-state index in [1.807, 2.05) is 16.8 Å². The Bertz CT molecular complexity index is 945. The van der Waals surface area contributed by atoms with E-state index in [9.17, 15) is 4.79 Å². The summed E-state index contributed by atoms with van der Waals surface area (Å²) in [6.45, 7) is 11.6. The van der Waals surface area contributed by atoms with E-state index in [2.05, 4.69) is 62.2 Å². The molecule has 0 saturated carbocycles. The van der Waals surface area contributed by atoms with E-state index in [-0.39, 0.29) is 11.3 Å². The van der Waals surface area contributed by atoms with E-state index in [4.69, 9.17) is 4.52 Å². The zero-order valence-corrected chi connectivity index (χ0v) is 18.7. The minimum Gasteiger partial charge on any atom is -0.356 e. The second-order valence-electron chi connectivity index (χ2n) is 8.46. The quantitative estimate of drug-likeness (QED) is 0.594. The minimum absolute atomic E-state index is 0.00176. The Balaban J connectivity index is 1.48. The number of benzene rings is 1. The molecule has 154 valence electrons. The average molecular weight is 412 g/mol. The van der Waals surface area contributed by atoms with Crippen molar-refractivity contribution in [2.75, 3.05) is 6.54 Å². The van der Waals surface area contributed by atoms with Gasteiger partial charge >= 0.3 is 0 Å². The summed E-state index contributed by atoms with van der Waals surface area (Å²) in [5.74, 6) is 1.07. The van der Waals surface area contributed by atoms with Crippen LogP contribution < -0.4 is 5.32 Å². The Hall–Kier alpha value is -2.47. The monoisotopic (exact) mass is 411 g/mol. The van der Waals surface area contributed by atoms with Crippen molar-refractivity contribution >= 4 is 17.2 Å². The van der Waals surface area contributed by atoms with Crippen LogP contribution in [-0.4, -0.2) is 22.6 Å². The van der Waals surface area contributed by atoms with Crippen molar-refractivity contribution < 1.29 is 9.32 Å². The zero-order valence-electron chi connectivity index (χ0n) is 17.8. The highest BCUT2D eigenvalue weighted by molar-refractivity contribution is 7.08. The molecule has 1 amide bonds. The maximum Gasteiger partial charge on any atom is 0.227 e. The number of aryl methyl sites for hydroxylation is 3. The molecule has 6 heteroatoms. The zero-order chi connectivity index (χ0) is 21.0. The Morgan fingerprint density at radius 1 is 1.17 bits per heavy atom. The standard InChI is InChI=1S/C23H29N3O2S/c1-15-12-18(23(3,4)5)13-16(2)19(15)8-10-24-20(27)6-7-21-25-22(26-28-21)17-9-11-29-14-17/h9,11-14H,6-8,10H2,1-5H3,(H,24,27). The smallest absolute Gasteiger partial charge is 0.227 e. The number of nitrogens with zero attached hydrogens (tertiary/aromatic N) is 2. The third-order valence-electron chi connectivity index (χ3n) is 5.07. The first-order valence-electron chi connectivity index (χ1n) is 9.96. The van der Waals surface area contributed by atoms with Crippen LogP contribution in [0.2, 0.25) is 0 Å². The molecule has 0 bridgehead atoms. The molecular formula is C23H29N3O2S. The normalized spacial score (nSPS) is 11.6. The van der Waals surface area contributed by atoms with Gasteiger partial charge in [0, 0.05) is 30.3 Å². The number of aromatic nitrogens is 2. The number of rotatable bonds is 7. The van der Waals surface area contributed by atoms with Gasteiger partial charge in [0.1, 0.15) is 0 Å². The molecule has 3 aromatic rings. The van der Waals surface area contributed by atoms with E-state index in [1.54, 1.807) is 11.3 Å². The molecule has 3 rings (SSSR count). The number of carbonyl (C=O) groups is 1. The lowest BCUT2D eigenvalue weighted by atomic mass is 9.83. The lowest BCUT2D eigenvalue weighted by Gasteiger charge is -2.22. The van der Waals surface area contributed by atoms with Gasteiger partial charge in [0.15, 0.2) is 0 Å². The van der Waals surface area contributed by atoms with Crippen LogP contribution in [0.1, 0.15) is 55.3 Å². The van der Waals surface area contributed by atoms with Gasteiger partial charge in [-0.15, -0.1) is 0 Å². The van der Waals surface area contributed by atoms with Gasteiger partial charge in [-0.2, -0.15) is 16.3 Å². The molecule has 0 spiro atoms. The average Bonchev–Trinajstić information content (AvgIpc) is 3.32. The molecule has 2 heterocycles. The molecular weight excluding hydrogens is 382 g/mol. The Morgan fingerprint density at radius 3 is 2.52 bits per heavy atom. The highest BCUT2D eigenvalue weighted by Gasteiger charge is 2.16. The molecule has 2 aromatic heterocycles. The van der Waals surface area contributed by atoms with Gasteiger partial charge in [-0.05, 0) is 59.4 Å². The lowest BCUT2D eigenvalue weighted by molar-refractivity contribution is -0.121. The lowest BCUT2D eigenvalue weighted by Crippen LogP contribution is -2.26. The summed E-state index contributed by atoms with van der Waals surface area (Å²) in [5.41, 5.74) is 6.32. The molecule has 0 radical (unpaired) electrons. The number of nitrogens with one attached hydrogen (secondary N) is 1. The fourth-order valence-corrected chi connectivity index (χ4v) is 3.96. The topological polar surface area (TPSA) is 68.0 Å². The van der Waals surface area contributed by atoms with E-state index in [0.29, 0.717) is 31.1 Å². The third kappa shape index (κ3) is 5.54. The molecule has 5 nitrogen and oxygen atoms in total. The largest absolute Gasteiger partial charge is 0.356 e. The second kappa shape index (κ2) is 8.91. The van der Waals surface area contributed by atoms with Gasteiger partial charge < -0.3 is 9.84 Å². The molecule has 1 N–H and O–H groups in total. The predicted octanol–water partition coefficient (Wildman–Crippen LogP) is 5.00. The van der Waals surface area contributed by atoms with Crippen LogP contribution in [0.15, 0.2) is 33.5 Å². The van der Waals surface area contributed by atoms with Crippen molar-refractivity contribution in [3.05, 3.63) is 57.1 Å². The van der Waals surface area contributed by atoms with Crippen molar-refractivity contribution in [2.24, 2.45) is 0 Å². The molecule has 0 atom stereocenters. The molecule has 0 unspecified atom stereocenters. The van der Waals surface area contributed by atoms with E-state index < -0.39 is 0 Å². The van der Waals surface area contributed by atoms with E-state index in [0.717, 1.165) is 12.0 Å². The third-order valence-corrected chi connectivity index (χ3v) is 5.76. The Kier molecular flexibility index (Phi) is 6.52. The molecule has 29 heavy (non-hydrogen) atoms. The Labute approximate surface area is 176 Å². The summed E-state index contributed by atoms with van der Waals surface area (Å²) < 4.78 is 5.25. The summed E-state index contributed by atoms with van der Waals surface area (Å²) in [6, 6.07) is 6.49. The van der Waals surface area contributed by atoms with E-state index in [1.165, 1.54) is 22.3 Å². The van der Waals surface area contributed by atoms with Gasteiger partial charge in [-0.1, -0.05) is 38.1 Å². The molecule has 1 aromatic carbocycles. The molecule has 0 fully saturated rings. The van der Waals surface area contributed by atoms with Crippen LogP contribution >= 0.6 is 11.3 Å². The number of thiophene rings is 1.